The summed E-state index contributed by atoms with van der Waals surface area (Å²) in [4.78, 5) is 27.7. The van der Waals surface area contributed by atoms with Crippen molar-refractivity contribution in [3.8, 4) is 22.6 Å². The second-order valence-electron chi connectivity index (χ2n) is 8.53. The number of hydrogen-bond donors (Lipinski definition) is 0. The predicted octanol–water partition coefficient (Wildman–Crippen LogP) is 4.98. The first-order valence-corrected chi connectivity index (χ1v) is 11.5. The van der Waals surface area contributed by atoms with Crippen LogP contribution in [0.5, 0.6) is 11.5 Å². The van der Waals surface area contributed by atoms with Crippen molar-refractivity contribution in [2.24, 2.45) is 5.41 Å². The maximum Gasteiger partial charge on any atom is 0.317 e. The molecule has 1 amide bonds. The van der Waals surface area contributed by atoms with Crippen molar-refractivity contribution in [1.82, 2.24) is 4.90 Å². The molecule has 1 saturated heterocycles. The highest BCUT2D eigenvalue weighted by molar-refractivity contribution is 5.95. The molecule has 1 unspecified atom stereocenters. The third-order valence-electron chi connectivity index (χ3n) is 6.23. The third-order valence-corrected chi connectivity index (χ3v) is 6.23. The second-order valence-corrected chi connectivity index (χ2v) is 8.53. The number of rotatable bonds is 8. The Kier molecular flexibility index (Phi) is 7.34. The van der Waals surface area contributed by atoms with E-state index in [0.717, 1.165) is 11.1 Å². The quantitative estimate of drug-likeness (QED) is 0.429. The molecule has 1 atom stereocenters. The summed E-state index contributed by atoms with van der Waals surface area (Å²) in [7, 11) is 1.57. The molecule has 1 fully saturated rings. The maximum atomic E-state index is 13.2. The van der Waals surface area contributed by atoms with E-state index in [1.165, 1.54) is 12.1 Å². The molecule has 4 rings (SSSR count). The van der Waals surface area contributed by atoms with Gasteiger partial charge in [0.15, 0.2) is 0 Å². The first-order valence-electron chi connectivity index (χ1n) is 11.5. The van der Waals surface area contributed by atoms with Gasteiger partial charge >= 0.3 is 5.97 Å². The molecule has 6 nitrogen and oxygen atoms in total. The molecule has 182 valence electrons. The highest BCUT2D eigenvalue weighted by Crippen LogP contribution is 2.34. The van der Waals surface area contributed by atoms with E-state index in [9.17, 15) is 14.0 Å². The van der Waals surface area contributed by atoms with Crippen LogP contribution in [-0.4, -0.2) is 50.2 Å². The van der Waals surface area contributed by atoms with Gasteiger partial charge in [0.25, 0.3) is 5.91 Å². The monoisotopic (exact) mass is 477 g/mol. The minimum atomic E-state index is -0.951. The van der Waals surface area contributed by atoms with Crippen molar-refractivity contribution in [2.45, 2.75) is 13.3 Å². The fourth-order valence-electron chi connectivity index (χ4n) is 4.20. The van der Waals surface area contributed by atoms with Gasteiger partial charge in [-0.3, -0.25) is 9.59 Å². The van der Waals surface area contributed by atoms with Crippen LogP contribution in [0.25, 0.3) is 11.1 Å². The summed E-state index contributed by atoms with van der Waals surface area (Å²) in [5, 5.41) is 0. The molecular formula is C28H28FNO5. The lowest BCUT2D eigenvalue weighted by molar-refractivity contribution is -0.156. The number of ether oxygens (including phenoxy) is 3. The Hall–Kier alpha value is -3.87. The van der Waals surface area contributed by atoms with E-state index in [2.05, 4.69) is 0 Å². The van der Waals surface area contributed by atoms with Crippen LogP contribution in [-0.2, 0) is 9.53 Å². The Balaban J connectivity index is 1.46. The summed E-state index contributed by atoms with van der Waals surface area (Å²) in [6, 6.07) is 20.6. The Morgan fingerprint density at radius 3 is 2.11 bits per heavy atom. The minimum absolute atomic E-state index is 0.0914. The number of nitrogens with zero attached hydrogens (tertiary/aromatic N) is 1. The molecule has 0 saturated carbocycles. The molecule has 0 aromatic heterocycles. The number of methoxy groups -OCH3 is 1. The third kappa shape index (κ3) is 5.45. The van der Waals surface area contributed by atoms with Crippen LogP contribution < -0.4 is 9.47 Å². The second kappa shape index (κ2) is 10.6. The van der Waals surface area contributed by atoms with Gasteiger partial charge in [-0.1, -0.05) is 24.3 Å². The van der Waals surface area contributed by atoms with Crippen LogP contribution >= 0.6 is 0 Å². The van der Waals surface area contributed by atoms with Crippen LogP contribution in [0.15, 0.2) is 72.8 Å². The molecule has 7 heteroatoms. The zero-order valence-electron chi connectivity index (χ0n) is 19.8. The molecule has 3 aromatic carbocycles. The normalized spacial score (nSPS) is 17.2. The van der Waals surface area contributed by atoms with E-state index in [-0.39, 0.29) is 37.5 Å². The zero-order valence-corrected chi connectivity index (χ0v) is 19.8. The number of hydrogen-bond acceptors (Lipinski definition) is 5. The molecule has 1 aliphatic rings. The minimum Gasteiger partial charge on any atom is -0.497 e. The smallest absolute Gasteiger partial charge is 0.317 e. The Bertz CT molecular complexity index is 1160. The van der Waals surface area contributed by atoms with Gasteiger partial charge in [-0.25, -0.2) is 4.39 Å². The van der Waals surface area contributed by atoms with Crippen LogP contribution in [0.2, 0.25) is 0 Å². The molecule has 0 aliphatic carbocycles. The van der Waals surface area contributed by atoms with Crippen LogP contribution in [0, 0.1) is 11.2 Å². The fourth-order valence-corrected chi connectivity index (χ4v) is 4.20. The number of likely N-dealkylation sites (tertiary alicyclic amines) is 1. The number of halogens is 1. The molecule has 0 bridgehead atoms. The SMILES string of the molecule is CCOC(=O)C1(COc2ccc(-c3ccc(F)cc3)cc2)CCN(C(=O)c2ccc(OC)cc2)C1. The molecular weight excluding hydrogens is 449 g/mol. The molecule has 0 spiro atoms. The van der Waals surface area contributed by atoms with Crippen molar-refractivity contribution in [3.05, 3.63) is 84.2 Å². The van der Waals surface area contributed by atoms with Gasteiger partial charge in [-0.05, 0) is 73.0 Å². The zero-order chi connectivity index (χ0) is 24.8. The summed E-state index contributed by atoms with van der Waals surface area (Å²) in [6.07, 6.45) is 0.446. The van der Waals surface area contributed by atoms with Gasteiger partial charge in [0, 0.05) is 18.7 Å². The number of esters is 1. The van der Waals surface area contributed by atoms with Crippen LogP contribution in [0.4, 0.5) is 4.39 Å². The van der Waals surface area contributed by atoms with Crippen LogP contribution in [0.3, 0.4) is 0 Å². The van der Waals surface area contributed by atoms with E-state index in [1.54, 1.807) is 55.3 Å². The Morgan fingerprint density at radius 1 is 0.914 bits per heavy atom. The standard InChI is InChI=1S/C28H28FNO5/c1-3-34-27(32)28(16-17-30(18-28)26(31)22-8-12-24(33-2)13-9-22)19-35-25-14-6-21(7-15-25)20-4-10-23(29)11-5-20/h4-15H,3,16-19H2,1-2H3. The van der Waals surface area contributed by atoms with E-state index in [4.69, 9.17) is 14.2 Å². The van der Waals surface area contributed by atoms with E-state index in [1.807, 2.05) is 24.3 Å². The summed E-state index contributed by atoms with van der Waals surface area (Å²) in [6.45, 7) is 2.74. The average Bonchev–Trinajstić information content (AvgIpc) is 3.34. The van der Waals surface area contributed by atoms with Crippen molar-refractivity contribution in [3.63, 3.8) is 0 Å². The van der Waals surface area contributed by atoms with Gasteiger partial charge in [0.2, 0.25) is 0 Å². The van der Waals surface area contributed by atoms with Gasteiger partial charge < -0.3 is 19.1 Å². The first kappa shape index (κ1) is 24.3. The van der Waals surface area contributed by atoms with E-state index >= 15 is 0 Å². The fraction of sp³-hybridized carbons (Fsp3) is 0.286. The maximum absolute atomic E-state index is 13.2. The topological polar surface area (TPSA) is 65.1 Å². The van der Waals surface area contributed by atoms with Gasteiger partial charge in [0.05, 0.1) is 13.7 Å². The van der Waals surface area contributed by atoms with Crippen molar-refractivity contribution >= 4 is 11.9 Å². The molecule has 3 aromatic rings. The summed E-state index contributed by atoms with van der Waals surface area (Å²) >= 11 is 0. The summed E-state index contributed by atoms with van der Waals surface area (Å²) in [5.41, 5.74) is 1.40. The number of carbonyl (C=O) groups excluding carboxylic acids is 2. The Labute approximate surface area is 204 Å². The highest BCUT2D eigenvalue weighted by atomic mass is 19.1. The largest absolute Gasteiger partial charge is 0.497 e. The van der Waals surface area contributed by atoms with Gasteiger partial charge in [-0.15, -0.1) is 0 Å². The predicted molar refractivity (Wildman–Crippen MR) is 130 cm³/mol. The highest BCUT2D eigenvalue weighted by Gasteiger charge is 2.48. The summed E-state index contributed by atoms with van der Waals surface area (Å²) < 4.78 is 29.7. The first-order chi connectivity index (χ1) is 16.9. The molecule has 0 radical (unpaired) electrons. The Morgan fingerprint density at radius 2 is 1.51 bits per heavy atom. The molecule has 35 heavy (non-hydrogen) atoms. The molecule has 0 N–H and O–H groups in total. The van der Waals surface area contributed by atoms with Crippen molar-refractivity contribution in [2.75, 3.05) is 33.4 Å². The number of carbonyl (C=O) groups is 2. The molecule has 1 heterocycles. The van der Waals surface area contributed by atoms with E-state index in [0.29, 0.717) is 30.0 Å². The number of benzene rings is 3. The summed E-state index contributed by atoms with van der Waals surface area (Å²) in [5.74, 6) is 0.464. The van der Waals surface area contributed by atoms with Gasteiger partial charge in [-0.2, -0.15) is 0 Å². The number of amides is 1. The lowest BCUT2D eigenvalue weighted by Crippen LogP contribution is -2.42. The average molecular weight is 478 g/mol. The van der Waals surface area contributed by atoms with E-state index < -0.39 is 5.41 Å². The van der Waals surface area contributed by atoms with Crippen LogP contribution in [0.1, 0.15) is 23.7 Å². The lowest BCUT2D eigenvalue weighted by atomic mass is 9.88. The van der Waals surface area contributed by atoms with Crippen molar-refractivity contribution in [1.29, 1.82) is 0 Å². The van der Waals surface area contributed by atoms with Gasteiger partial charge in [0.1, 0.15) is 29.3 Å². The van der Waals surface area contributed by atoms with Crippen molar-refractivity contribution < 1.29 is 28.2 Å². The lowest BCUT2D eigenvalue weighted by Gasteiger charge is -2.27. The molecule has 1 aliphatic heterocycles.